The number of esters is 1. The standard InChI is InChI=1S/C20H30N2O5S/c1-14(2)13-21-19(23)16(4)27-20(24)17-9-8-15(3)18(12-17)28(25,26)22-10-6-5-7-11-22/h8-9,12,14,16H,5-7,10-11,13H2,1-4H3,(H,21,23). The molecule has 0 aromatic heterocycles. The van der Waals surface area contributed by atoms with Gasteiger partial charge in [0.25, 0.3) is 5.91 Å². The SMILES string of the molecule is Cc1ccc(C(=O)OC(C)C(=O)NCC(C)C)cc1S(=O)(=O)N1CCCCC1. The summed E-state index contributed by atoms with van der Waals surface area (Å²) in [6, 6.07) is 4.46. The Morgan fingerprint density at radius 1 is 1.14 bits per heavy atom. The molecule has 1 aromatic carbocycles. The molecule has 0 radical (unpaired) electrons. The summed E-state index contributed by atoms with van der Waals surface area (Å²) in [5.41, 5.74) is 0.689. The average Bonchev–Trinajstić information content (AvgIpc) is 2.66. The molecular formula is C20H30N2O5S. The van der Waals surface area contributed by atoms with Gasteiger partial charge in [-0.1, -0.05) is 26.3 Å². The number of carbonyl (C=O) groups excluding carboxylic acids is 2. The molecule has 1 heterocycles. The van der Waals surface area contributed by atoms with E-state index in [1.54, 1.807) is 13.0 Å². The molecule has 156 valence electrons. The number of carbonyl (C=O) groups is 2. The van der Waals surface area contributed by atoms with Crippen LogP contribution in [0.1, 0.15) is 56.0 Å². The number of aryl methyl sites for hydroxylation is 1. The second-order valence-electron chi connectivity index (χ2n) is 7.63. The van der Waals surface area contributed by atoms with Gasteiger partial charge in [-0.2, -0.15) is 4.31 Å². The molecule has 0 spiro atoms. The van der Waals surface area contributed by atoms with Gasteiger partial charge in [-0.15, -0.1) is 0 Å². The van der Waals surface area contributed by atoms with Crippen LogP contribution in [-0.4, -0.2) is 50.3 Å². The highest BCUT2D eigenvalue weighted by Crippen LogP contribution is 2.24. The molecule has 1 aromatic rings. The lowest BCUT2D eigenvalue weighted by molar-refractivity contribution is -0.129. The van der Waals surface area contributed by atoms with Crippen LogP contribution in [0, 0.1) is 12.8 Å². The van der Waals surface area contributed by atoms with Gasteiger partial charge in [0, 0.05) is 19.6 Å². The first-order valence-electron chi connectivity index (χ1n) is 9.72. The lowest BCUT2D eigenvalue weighted by atomic mass is 10.1. The molecule has 1 aliphatic heterocycles. The normalized spacial score (nSPS) is 16.6. The molecular weight excluding hydrogens is 380 g/mol. The van der Waals surface area contributed by atoms with Gasteiger partial charge in [0.1, 0.15) is 0 Å². The van der Waals surface area contributed by atoms with Gasteiger partial charge in [-0.05, 0) is 50.3 Å². The van der Waals surface area contributed by atoms with Crippen molar-refractivity contribution in [2.75, 3.05) is 19.6 Å². The average molecular weight is 411 g/mol. The lowest BCUT2D eigenvalue weighted by Crippen LogP contribution is -2.37. The summed E-state index contributed by atoms with van der Waals surface area (Å²) >= 11 is 0. The first-order valence-corrected chi connectivity index (χ1v) is 11.2. The summed E-state index contributed by atoms with van der Waals surface area (Å²) in [5.74, 6) is -0.816. The summed E-state index contributed by atoms with van der Waals surface area (Å²) in [5, 5.41) is 2.71. The molecule has 2 rings (SSSR count). The number of sulfonamides is 1. The van der Waals surface area contributed by atoms with E-state index in [0.717, 1.165) is 19.3 Å². The van der Waals surface area contributed by atoms with Gasteiger partial charge < -0.3 is 10.1 Å². The molecule has 1 saturated heterocycles. The summed E-state index contributed by atoms with van der Waals surface area (Å²) in [6.07, 6.45) is 1.73. The first-order chi connectivity index (χ1) is 13.1. The van der Waals surface area contributed by atoms with Crippen LogP contribution in [0.4, 0.5) is 0 Å². The maximum Gasteiger partial charge on any atom is 0.338 e. The van der Waals surface area contributed by atoms with Crippen molar-refractivity contribution < 1.29 is 22.7 Å². The van der Waals surface area contributed by atoms with Crippen molar-refractivity contribution in [3.05, 3.63) is 29.3 Å². The minimum absolute atomic E-state index is 0.112. The smallest absolute Gasteiger partial charge is 0.338 e. The zero-order chi connectivity index (χ0) is 20.9. The van der Waals surface area contributed by atoms with Crippen molar-refractivity contribution in [2.24, 2.45) is 5.92 Å². The third kappa shape index (κ3) is 5.54. The Hall–Kier alpha value is -1.93. The zero-order valence-electron chi connectivity index (χ0n) is 17.0. The Balaban J connectivity index is 2.15. The molecule has 1 atom stereocenters. The lowest BCUT2D eigenvalue weighted by Gasteiger charge is -2.26. The Morgan fingerprint density at radius 2 is 1.79 bits per heavy atom. The topological polar surface area (TPSA) is 92.8 Å². The van der Waals surface area contributed by atoms with E-state index in [0.29, 0.717) is 25.2 Å². The Bertz CT molecular complexity index is 814. The summed E-state index contributed by atoms with van der Waals surface area (Å²) in [6.45, 7) is 8.60. The van der Waals surface area contributed by atoms with E-state index in [2.05, 4.69) is 5.32 Å². The molecule has 1 N–H and O–H groups in total. The monoisotopic (exact) mass is 410 g/mol. The number of nitrogens with zero attached hydrogens (tertiary/aromatic N) is 1. The van der Waals surface area contributed by atoms with Crippen LogP contribution >= 0.6 is 0 Å². The number of nitrogens with one attached hydrogen (secondary N) is 1. The minimum atomic E-state index is -3.67. The molecule has 28 heavy (non-hydrogen) atoms. The Kier molecular flexibility index (Phi) is 7.60. The van der Waals surface area contributed by atoms with Crippen LogP contribution in [0.25, 0.3) is 0 Å². The summed E-state index contributed by atoms with van der Waals surface area (Å²) < 4.78 is 32.6. The van der Waals surface area contributed by atoms with E-state index in [-0.39, 0.29) is 22.3 Å². The number of hydrogen-bond acceptors (Lipinski definition) is 5. The number of ether oxygens (including phenoxy) is 1. The van der Waals surface area contributed by atoms with Gasteiger partial charge in [0.15, 0.2) is 6.10 Å². The third-order valence-electron chi connectivity index (χ3n) is 4.69. The van der Waals surface area contributed by atoms with E-state index in [9.17, 15) is 18.0 Å². The predicted molar refractivity (Wildman–Crippen MR) is 107 cm³/mol. The van der Waals surface area contributed by atoms with Gasteiger partial charge in [0.05, 0.1) is 10.5 Å². The number of rotatable bonds is 7. The van der Waals surface area contributed by atoms with E-state index >= 15 is 0 Å². The van der Waals surface area contributed by atoms with Crippen molar-refractivity contribution in [1.82, 2.24) is 9.62 Å². The molecule has 0 aliphatic carbocycles. The van der Waals surface area contributed by atoms with E-state index in [1.807, 2.05) is 13.8 Å². The van der Waals surface area contributed by atoms with Gasteiger partial charge in [-0.25, -0.2) is 13.2 Å². The fourth-order valence-electron chi connectivity index (χ4n) is 2.98. The molecule has 1 fully saturated rings. The molecule has 0 bridgehead atoms. The molecule has 1 unspecified atom stereocenters. The quantitative estimate of drug-likeness (QED) is 0.697. The minimum Gasteiger partial charge on any atom is -0.449 e. The fourth-order valence-corrected chi connectivity index (χ4v) is 4.75. The predicted octanol–water partition coefficient (Wildman–Crippen LogP) is 2.49. The zero-order valence-corrected chi connectivity index (χ0v) is 17.8. The number of amides is 1. The number of benzene rings is 1. The highest BCUT2D eigenvalue weighted by molar-refractivity contribution is 7.89. The fraction of sp³-hybridized carbons (Fsp3) is 0.600. The third-order valence-corrected chi connectivity index (χ3v) is 6.73. The van der Waals surface area contributed by atoms with Crippen LogP contribution in [0.2, 0.25) is 0 Å². The summed E-state index contributed by atoms with van der Waals surface area (Å²) in [7, 11) is -3.67. The van der Waals surface area contributed by atoms with Crippen LogP contribution in [-0.2, 0) is 19.6 Å². The highest BCUT2D eigenvalue weighted by Gasteiger charge is 2.28. The van der Waals surface area contributed by atoms with Gasteiger partial charge in [0.2, 0.25) is 10.0 Å². The molecule has 8 heteroatoms. The van der Waals surface area contributed by atoms with Crippen molar-refractivity contribution in [2.45, 2.75) is 58.0 Å². The molecule has 0 saturated carbocycles. The van der Waals surface area contributed by atoms with E-state index < -0.39 is 22.1 Å². The van der Waals surface area contributed by atoms with E-state index in [4.69, 9.17) is 4.74 Å². The van der Waals surface area contributed by atoms with E-state index in [1.165, 1.54) is 23.4 Å². The maximum absolute atomic E-state index is 13.0. The Morgan fingerprint density at radius 3 is 2.39 bits per heavy atom. The second kappa shape index (κ2) is 9.52. The highest BCUT2D eigenvalue weighted by atomic mass is 32.2. The molecule has 1 aliphatic rings. The second-order valence-corrected chi connectivity index (χ2v) is 9.54. The number of hydrogen-bond donors (Lipinski definition) is 1. The Labute approximate surface area is 167 Å². The van der Waals surface area contributed by atoms with Crippen molar-refractivity contribution in [1.29, 1.82) is 0 Å². The first kappa shape index (κ1) is 22.4. The van der Waals surface area contributed by atoms with Crippen molar-refractivity contribution in [3.8, 4) is 0 Å². The van der Waals surface area contributed by atoms with Crippen molar-refractivity contribution >= 4 is 21.9 Å². The van der Waals surface area contributed by atoms with Gasteiger partial charge >= 0.3 is 5.97 Å². The van der Waals surface area contributed by atoms with Gasteiger partial charge in [-0.3, -0.25) is 4.79 Å². The van der Waals surface area contributed by atoms with Crippen LogP contribution in [0.15, 0.2) is 23.1 Å². The molecule has 7 nitrogen and oxygen atoms in total. The largest absolute Gasteiger partial charge is 0.449 e. The van der Waals surface area contributed by atoms with Crippen LogP contribution < -0.4 is 5.32 Å². The summed E-state index contributed by atoms with van der Waals surface area (Å²) in [4.78, 5) is 24.6. The van der Waals surface area contributed by atoms with Crippen molar-refractivity contribution in [3.63, 3.8) is 0 Å². The van der Waals surface area contributed by atoms with Crippen LogP contribution in [0.3, 0.4) is 0 Å². The van der Waals surface area contributed by atoms with Crippen LogP contribution in [0.5, 0.6) is 0 Å². The maximum atomic E-state index is 13.0. The molecule has 1 amide bonds. The number of piperidine rings is 1.